The van der Waals surface area contributed by atoms with Crippen LogP contribution in [0.15, 0.2) is 18.2 Å². The van der Waals surface area contributed by atoms with Crippen molar-refractivity contribution in [2.45, 2.75) is 52.3 Å². The summed E-state index contributed by atoms with van der Waals surface area (Å²) in [4.78, 5) is 11.6. The third-order valence-corrected chi connectivity index (χ3v) is 3.08. The molecule has 1 atom stereocenters. The number of rotatable bonds is 6. The number of hydrogen-bond donors (Lipinski definition) is 2. The molecule has 6 heteroatoms. The summed E-state index contributed by atoms with van der Waals surface area (Å²) in [6.07, 6.45) is 0.280. The lowest BCUT2D eigenvalue weighted by Gasteiger charge is -2.22. The smallest absolute Gasteiger partial charge is 0.407 e. The van der Waals surface area contributed by atoms with Crippen molar-refractivity contribution >= 4 is 17.7 Å². The molecule has 1 aromatic rings. The van der Waals surface area contributed by atoms with E-state index in [0.29, 0.717) is 30.1 Å². The van der Waals surface area contributed by atoms with Crippen molar-refractivity contribution in [3.05, 3.63) is 34.6 Å². The summed E-state index contributed by atoms with van der Waals surface area (Å²) < 4.78 is 18.7. The van der Waals surface area contributed by atoms with Gasteiger partial charge in [-0.1, -0.05) is 11.6 Å². The molecule has 0 radical (unpaired) electrons. The Hall–Kier alpha value is -1.33. The van der Waals surface area contributed by atoms with Crippen molar-refractivity contribution in [2.24, 2.45) is 0 Å². The molecule has 0 saturated heterocycles. The number of benzene rings is 1. The first kappa shape index (κ1) is 18.7. The lowest BCUT2D eigenvalue weighted by Crippen LogP contribution is -2.38. The summed E-state index contributed by atoms with van der Waals surface area (Å²) in [5, 5.41) is 6.40. The van der Waals surface area contributed by atoms with Crippen LogP contribution in [0.2, 0.25) is 5.02 Å². The zero-order valence-electron chi connectivity index (χ0n) is 13.5. The van der Waals surface area contributed by atoms with Gasteiger partial charge in [-0.05, 0) is 58.9 Å². The molecule has 0 aliphatic rings. The quantitative estimate of drug-likeness (QED) is 0.778. The Morgan fingerprint density at radius 2 is 2.09 bits per heavy atom. The molecule has 0 fully saturated rings. The monoisotopic (exact) mass is 330 g/mol. The molecule has 0 aromatic heterocycles. The summed E-state index contributed by atoms with van der Waals surface area (Å²) in [7, 11) is 0. The van der Waals surface area contributed by atoms with E-state index < -0.39 is 11.7 Å². The van der Waals surface area contributed by atoms with Crippen LogP contribution in [0.3, 0.4) is 0 Å². The number of alkyl carbamates (subject to hydrolysis) is 1. The van der Waals surface area contributed by atoms with Crippen molar-refractivity contribution < 1.29 is 13.9 Å². The normalized spacial score (nSPS) is 12.8. The summed E-state index contributed by atoms with van der Waals surface area (Å²) in [6, 6.07) is 4.44. The van der Waals surface area contributed by atoms with E-state index >= 15 is 0 Å². The fourth-order valence-electron chi connectivity index (χ4n) is 1.80. The third kappa shape index (κ3) is 7.61. The van der Waals surface area contributed by atoms with Gasteiger partial charge < -0.3 is 15.4 Å². The number of ether oxygens (including phenoxy) is 1. The van der Waals surface area contributed by atoms with Crippen molar-refractivity contribution in [3.63, 3.8) is 0 Å². The van der Waals surface area contributed by atoms with E-state index in [2.05, 4.69) is 10.6 Å². The molecule has 0 bridgehead atoms. The third-order valence-electron chi connectivity index (χ3n) is 2.84. The Morgan fingerprint density at radius 1 is 1.41 bits per heavy atom. The van der Waals surface area contributed by atoms with Gasteiger partial charge in [0.25, 0.3) is 0 Å². The van der Waals surface area contributed by atoms with Gasteiger partial charge in [0.2, 0.25) is 0 Å². The van der Waals surface area contributed by atoms with E-state index in [9.17, 15) is 9.18 Å². The molecule has 0 aliphatic carbocycles. The maximum atomic E-state index is 13.5. The predicted molar refractivity (Wildman–Crippen MR) is 86.6 cm³/mol. The number of carbonyl (C=O) groups excluding carboxylic acids is 1. The molecule has 1 amide bonds. The van der Waals surface area contributed by atoms with Gasteiger partial charge in [-0.15, -0.1) is 0 Å². The Bertz CT molecular complexity index is 503. The Balaban J connectivity index is 2.26. The highest BCUT2D eigenvalue weighted by atomic mass is 35.5. The van der Waals surface area contributed by atoms with Gasteiger partial charge in [0.15, 0.2) is 0 Å². The average Bonchev–Trinajstić information content (AvgIpc) is 2.36. The fraction of sp³-hybridized carbons (Fsp3) is 0.562. The first-order valence-electron chi connectivity index (χ1n) is 7.31. The topological polar surface area (TPSA) is 50.4 Å². The van der Waals surface area contributed by atoms with Gasteiger partial charge in [0, 0.05) is 23.2 Å². The second kappa shape index (κ2) is 8.34. The second-order valence-corrected chi connectivity index (χ2v) is 6.68. The molecule has 0 heterocycles. The SMILES string of the molecule is CC(CCNCc1cc(Cl)ccc1F)NC(=O)OC(C)(C)C. The van der Waals surface area contributed by atoms with Gasteiger partial charge in [-0.3, -0.25) is 0 Å². The van der Waals surface area contributed by atoms with Gasteiger partial charge >= 0.3 is 6.09 Å². The summed E-state index contributed by atoms with van der Waals surface area (Å²) in [5.41, 5.74) is 0.0202. The summed E-state index contributed by atoms with van der Waals surface area (Å²) in [6.45, 7) is 8.38. The zero-order chi connectivity index (χ0) is 16.8. The maximum Gasteiger partial charge on any atom is 0.407 e. The molecule has 124 valence electrons. The van der Waals surface area contributed by atoms with E-state index in [-0.39, 0.29) is 11.9 Å². The molecule has 0 aliphatic heterocycles. The fourth-order valence-corrected chi connectivity index (χ4v) is 2.00. The molecule has 1 rings (SSSR count). The van der Waals surface area contributed by atoms with Gasteiger partial charge in [0.05, 0.1) is 0 Å². The molecule has 0 saturated carbocycles. The number of carbonyl (C=O) groups is 1. The predicted octanol–water partition coefficient (Wildman–Crippen LogP) is 3.87. The number of halogens is 2. The largest absolute Gasteiger partial charge is 0.444 e. The molecule has 0 spiro atoms. The summed E-state index contributed by atoms with van der Waals surface area (Å²) >= 11 is 5.83. The summed E-state index contributed by atoms with van der Waals surface area (Å²) in [5.74, 6) is -0.281. The van der Waals surface area contributed by atoms with Crippen LogP contribution in [-0.4, -0.2) is 24.3 Å². The first-order chi connectivity index (χ1) is 10.2. The highest BCUT2D eigenvalue weighted by Crippen LogP contribution is 2.14. The van der Waals surface area contributed by atoms with Crippen LogP contribution < -0.4 is 10.6 Å². The molecule has 4 nitrogen and oxygen atoms in total. The molecule has 22 heavy (non-hydrogen) atoms. The number of hydrogen-bond acceptors (Lipinski definition) is 3. The highest BCUT2D eigenvalue weighted by Gasteiger charge is 2.17. The Kier molecular flexibility index (Phi) is 7.10. The van der Waals surface area contributed by atoms with Crippen LogP contribution in [0.25, 0.3) is 0 Å². The highest BCUT2D eigenvalue weighted by molar-refractivity contribution is 6.30. The van der Waals surface area contributed by atoms with Gasteiger partial charge in [0.1, 0.15) is 11.4 Å². The molecular weight excluding hydrogens is 307 g/mol. The van der Waals surface area contributed by atoms with Crippen molar-refractivity contribution in [1.82, 2.24) is 10.6 Å². The van der Waals surface area contributed by atoms with E-state index in [4.69, 9.17) is 16.3 Å². The minimum Gasteiger partial charge on any atom is -0.444 e. The Labute approximate surface area is 136 Å². The van der Waals surface area contributed by atoms with Crippen LogP contribution in [0, 0.1) is 5.82 Å². The van der Waals surface area contributed by atoms with Crippen molar-refractivity contribution in [1.29, 1.82) is 0 Å². The lowest BCUT2D eigenvalue weighted by atomic mass is 10.2. The second-order valence-electron chi connectivity index (χ2n) is 6.25. The minimum absolute atomic E-state index is 0.0356. The minimum atomic E-state index is -0.508. The van der Waals surface area contributed by atoms with Crippen LogP contribution in [0.5, 0.6) is 0 Å². The van der Waals surface area contributed by atoms with Crippen LogP contribution in [0.4, 0.5) is 9.18 Å². The van der Waals surface area contributed by atoms with E-state index in [1.54, 1.807) is 6.07 Å². The standard InChI is InChI=1S/C16H24ClFN2O2/c1-11(20-15(21)22-16(2,3)4)7-8-19-10-12-9-13(17)5-6-14(12)18/h5-6,9,11,19H,7-8,10H2,1-4H3,(H,20,21). The molecule has 2 N–H and O–H groups in total. The van der Waals surface area contributed by atoms with E-state index in [1.165, 1.54) is 12.1 Å². The zero-order valence-corrected chi connectivity index (χ0v) is 14.3. The number of nitrogens with one attached hydrogen (secondary N) is 2. The van der Waals surface area contributed by atoms with Gasteiger partial charge in [-0.2, -0.15) is 0 Å². The van der Waals surface area contributed by atoms with Crippen molar-refractivity contribution in [3.8, 4) is 0 Å². The number of amides is 1. The molecule has 1 aromatic carbocycles. The lowest BCUT2D eigenvalue weighted by molar-refractivity contribution is 0.0506. The van der Waals surface area contributed by atoms with E-state index in [0.717, 1.165) is 0 Å². The van der Waals surface area contributed by atoms with Crippen molar-refractivity contribution in [2.75, 3.05) is 6.54 Å². The maximum absolute atomic E-state index is 13.5. The van der Waals surface area contributed by atoms with Crippen LogP contribution >= 0.6 is 11.6 Å². The van der Waals surface area contributed by atoms with Crippen LogP contribution in [0.1, 0.15) is 39.7 Å². The van der Waals surface area contributed by atoms with Crippen LogP contribution in [-0.2, 0) is 11.3 Å². The van der Waals surface area contributed by atoms with Gasteiger partial charge in [-0.25, -0.2) is 9.18 Å². The average molecular weight is 331 g/mol. The molecule has 1 unspecified atom stereocenters. The van der Waals surface area contributed by atoms with E-state index in [1.807, 2.05) is 27.7 Å². The Morgan fingerprint density at radius 3 is 2.73 bits per heavy atom. The molecular formula is C16H24ClFN2O2. The first-order valence-corrected chi connectivity index (χ1v) is 7.69.